The lowest BCUT2D eigenvalue weighted by Crippen LogP contribution is -2.46. The number of allylic oxidation sites excluding steroid dienone is 1. The molecule has 0 aromatic heterocycles. The van der Waals surface area contributed by atoms with Gasteiger partial charge in [-0.3, -0.25) is 4.79 Å². The van der Waals surface area contributed by atoms with Crippen LogP contribution in [0, 0.1) is 5.92 Å². The van der Waals surface area contributed by atoms with Crippen LogP contribution in [0.5, 0.6) is 5.75 Å². The Morgan fingerprint density at radius 2 is 1.83 bits per heavy atom. The summed E-state index contributed by atoms with van der Waals surface area (Å²) in [5.41, 5.74) is -0.274. The van der Waals surface area contributed by atoms with Gasteiger partial charge in [0.1, 0.15) is 17.1 Å². The molecule has 128 valence electrons. The number of rotatable bonds is 2. The highest BCUT2D eigenvalue weighted by Gasteiger charge is 2.45. The topological polar surface area (TPSA) is 57.1 Å². The standard InChI is InChI=1S/C16H14F3NO4/c1-7-12(21)15(23-3)14(22-2)11-13(7)24-10-6-8(16(17,18)19)4-5-9(10)20-11/h4-7,13H,1-3H3. The van der Waals surface area contributed by atoms with Crippen LogP contribution in [0.25, 0.3) is 0 Å². The zero-order valence-corrected chi connectivity index (χ0v) is 13.1. The lowest BCUT2D eigenvalue weighted by Gasteiger charge is -2.34. The van der Waals surface area contributed by atoms with Gasteiger partial charge in [0.05, 0.1) is 25.7 Å². The van der Waals surface area contributed by atoms with E-state index in [4.69, 9.17) is 14.2 Å². The third-order valence-corrected chi connectivity index (χ3v) is 3.99. The minimum atomic E-state index is -4.49. The minimum Gasteiger partial charge on any atom is -0.491 e. The predicted octanol–water partition coefficient (Wildman–Crippen LogP) is 3.26. The summed E-state index contributed by atoms with van der Waals surface area (Å²) in [6.45, 7) is 1.60. The average molecular weight is 341 g/mol. The normalized spacial score (nSPS) is 23.1. The van der Waals surface area contributed by atoms with E-state index in [-0.39, 0.29) is 28.7 Å². The van der Waals surface area contributed by atoms with Crippen molar-refractivity contribution in [2.75, 3.05) is 14.2 Å². The van der Waals surface area contributed by atoms with Crippen LogP contribution in [0.3, 0.4) is 0 Å². The molecular formula is C16H14F3NO4. The Labute approximate surface area is 135 Å². The second-order valence-corrected chi connectivity index (χ2v) is 5.44. The van der Waals surface area contributed by atoms with Gasteiger partial charge >= 0.3 is 6.18 Å². The Morgan fingerprint density at radius 3 is 2.42 bits per heavy atom. The molecule has 0 saturated carbocycles. The van der Waals surface area contributed by atoms with Crippen molar-refractivity contribution in [2.45, 2.75) is 19.2 Å². The molecule has 1 aromatic rings. The molecule has 24 heavy (non-hydrogen) atoms. The van der Waals surface area contributed by atoms with Crippen molar-refractivity contribution in [3.8, 4) is 5.75 Å². The van der Waals surface area contributed by atoms with Crippen molar-refractivity contribution in [3.05, 3.63) is 35.3 Å². The Morgan fingerprint density at radius 1 is 1.17 bits per heavy atom. The molecule has 5 nitrogen and oxygen atoms in total. The van der Waals surface area contributed by atoms with Crippen LogP contribution in [-0.4, -0.2) is 31.8 Å². The Hall–Kier alpha value is -2.51. The van der Waals surface area contributed by atoms with E-state index < -0.39 is 23.8 Å². The van der Waals surface area contributed by atoms with Gasteiger partial charge in [0.25, 0.3) is 0 Å². The van der Waals surface area contributed by atoms with Gasteiger partial charge in [-0.05, 0) is 18.2 Å². The number of methoxy groups -OCH3 is 2. The highest BCUT2D eigenvalue weighted by atomic mass is 19.4. The molecule has 0 N–H and O–H groups in total. The van der Waals surface area contributed by atoms with E-state index in [1.165, 1.54) is 20.3 Å². The zero-order chi connectivity index (χ0) is 17.6. The van der Waals surface area contributed by atoms with Crippen LogP contribution < -0.4 is 4.74 Å². The number of alkyl halides is 3. The van der Waals surface area contributed by atoms with Crippen molar-refractivity contribution < 1.29 is 32.2 Å². The van der Waals surface area contributed by atoms with E-state index in [0.717, 1.165) is 12.1 Å². The molecule has 1 aliphatic heterocycles. The SMILES string of the molecule is COC1=C(OC)C2=Nc3ccc(C(F)(F)F)cc3OC2C(C)C1=O. The van der Waals surface area contributed by atoms with Crippen LogP contribution in [0.15, 0.2) is 34.7 Å². The van der Waals surface area contributed by atoms with Crippen LogP contribution in [0.2, 0.25) is 0 Å². The molecule has 0 radical (unpaired) electrons. The van der Waals surface area contributed by atoms with Crippen molar-refractivity contribution in [2.24, 2.45) is 10.9 Å². The van der Waals surface area contributed by atoms with Gasteiger partial charge in [0, 0.05) is 0 Å². The van der Waals surface area contributed by atoms with E-state index in [1.807, 2.05) is 0 Å². The molecule has 2 atom stereocenters. The smallest absolute Gasteiger partial charge is 0.416 e. The first-order valence-electron chi connectivity index (χ1n) is 7.11. The van der Waals surface area contributed by atoms with Gasteiger partial charge in [-0.15, -0.1) is 0 Å². The first-order valence-corrected chi connectivity index (χ1v) is 7.11. The van der Waals surface area contributed by atoms with Crippen LogP contribution in [-0.2, 0) is 20.4 Å². The number of aliphatic imine (C=N–C) groups is 1. The largest absolute Gasteiger partial charge is 0.491 e. The third kappa shape index (κ3) is 2.42. The number of hydrogen-bond acceptors (Lipinski definition) is 5. The molecular weight excluding hydrogens is 327 g/mol. The maximum atomic E-state index is 12.9. The summed E-state index contributed by atoms with van der Waals surface area (Å²) >= 11 is 0. The Balaban J connectivity index is 2.14. The number of benzene rings is 1. The molecule has 1 aliphatic carbocycles. The van der Waals surface area contributed by atoms with Gasteiger partial charge in [-0.1, -0.05) is 6.92 Å². The first-order chi connectivity index (χ1) is 11.3. The van der Waals surface area contributed by atoms with Gasteiger partial charge < -0.3 is 14.2 Å². The maximum Gasteiger partial charge on any atom is 0.416 e. The lowest BCUT2D eigenvalue weighted by molar-refractivity contribution is -0.137. The molecule has 1 aromatic carbocycles. The fraction of sp³-hybridized carbons (Fsp3) is 0.375. The van der Waals surface area contributed by atoms with Crippen LogP contribution in [0.4, 0.5) is 18.9 Å². The maximum absolute atomic E-state index is 12.9. The molecule has 0 amide bonds. The van der Waals surface area contributed by atoms with E-state index in [0.29, 0.717) is 5.71 Å². The van der Waals surface area contributed by atoms with E-state index in [2.05, 4.69) is 4.99 Å². The zero-order valence-electron chi connectivity index (χ0n) is 13.1. The summed E-state index contributed by atoms with van der Waals surface area (Å²) in [6.07, 6.45) is -5.32. The number of carbonyl (C=O) groups is 1. The van der Waals surface area contributed by atoms with Crippen molar-refractivity contribution in [1.29, 1.82) is 0 Å². The molecule has 0 fully saturated rings. The summed E-state index contributed by atoms with van der Waals surface area (Å²) in [6, 6.07) is 3.04. The fourth-order valence-corrected chi connectivity index (χ4v) is 2.75. The number of fused-ring (bicyclic) bond motifs is 2. The Bertz CT molecular complexity index is 767. The van der Waals surface area contributed by atoms with Gasteiger partial charge in [0.15, 0.2) is 11.9 Å². The summed E-state index contributed by atoms with van der Waals surface area (Å²) in [4.78, 5) is 16.7. The second kappa shape index (κ2) is 5.54. The Kier molecular flexibility index (Phi) is 3.77. The lowest BCUT2D eigenvalue weighted by atomic mass is 9.86. The second-order valence-electron chi connectivity index (χ2n) is 5.44. The number of carbonyl (C=O) groups excluding carboxylic acids is 1. The highest BCUT2D eigenvalue weighted by Crippen LogP contribution is 2.42. The average Bonchev–Trinajstić information content (AvgIpc) is 2.55. The summed E-state index contributed by atoms with van der Waals surface area (Å²) in [7, 11) is 2.70. The molecule has 0 saturated heterocycles. The molecule has 1 heterocycles. The number of ether oxygens (including phenoxy) is 3. The van der Waals surface area contributed by atoms with Gasteiger partial charge in [0.2, 0.25) is 11.5 Å². The summed E-state index contributed by atoms with van der Waals surface area (Å²) in [5.74, 6) is -0.876. The highest BCUT2D eigenvalue weighted by molar-refractivity contribution is 6.16. The van der Waals surface area contributed by atoms with E-state index in [1.54, 1.807) is 6.92 Å². The molecule has 3 rings (SSSR count). The van der Waals surface area contributed by atoms with Crippen molar-refractivity contribution in [1.82, 2.24) is 0 Å². The molecule has 2 aliphatic rings. The fourth-order valence-electron chi connectivity index (χ4n) is 2.75. The number of halogens is 3. The molecule has 2 unspecified atom stereocenters. The van der Waals surface area contributed by atoms with E-state index in [9.17, 15) is 18.0 Å². The number of ketones is 1. The predicted molar refractivity (Wildman–Crippen MR) is 78.2 cm³/mol. The van der Waals surface area contributed by atoms with Crippen LogP contribution >= 0.6 is 0 Å². The monoisotopic (exact) mass is 341 g/mol. The summed E-state index contributed by atoms with van der Waals surface area (Å²) in [5, 5.41) is 0. The number of nitrogens with zero attached hydrogens (tertiary/aromatic N) is 1. The van der Waals surface area contributed by atoms with Gasteiger partial charge in [-0.25, -0.2) is 4.99 Å². The van der Waals surface area contributed by atoms with Crippen LogP contribution in [0.1, 0.15) is 12.5 Å². The van der Waals surface area contributed by atoms with Crippen molar-refractivity contribution >= 4 is 17.2 Å². The van der Waals surface area contributed by atoms with Gasteiger partial charge in [-0.2, -0.15) is 13.2 Å². The third-order valence-electron chi connectivity index (χ3n) is 3.99. The number of hydrogen-bond donors (Lipinski definition) is 0. The minimum absolute atomic E-state index is 0.0189. The summed E-state index contributed by atoms with van der Waals surface area (Å²) < 4.78 is 54.5. The first kappa shape index (κ1) is 16.4. The molecule has 8 heteroatoms. The molecule has 0 bridgehead atoms. The van der Waals surface area contributed by atoms with E-state index >= 15 is 0 Å². The van der Waals surface area contributed by atoms with Crippen molar-refractivity contribution in [3.63, 3.8) is 0 Å². The molecule has 0 spiro atoms. The quantitative estimate of drug-likeness (QED) is 0.828. The number of Topliss-reactive ketones (excluding diaryl/α,β-unsaturated/α-hetero) is 1.